The third kappa shape index (κ3) is 8.24. The van der Waals surface area contributed by atoms with Crippen LogP contribution in [0.1, 0.15) is 32.5 Å². The van der Waals surface area contributed by atoms with Crippen molar-refractivity contribution in [1.82, 2.24) is 20.1 Å². The fourth-order valence-electron chi connectivity index (χ4n) is 1.84. The van der Waals surface area contributed by atoms with Gasteiger partial charge in [-0.3, -0.25) is 4.68 Å². The summed E-state index contributed by atoms with van der Waals surface area (Å²) in [4.78, 5) is 4.14. The lowest BCUT2D eigenvalue weighted by Gasteiger charge is -2.12. The normalized spacial score (nSPS) is 13.1. The Bertz CT molecular complexity index is 355. The molecule has 1 heterocycles. The lowest BCUT2D eigenvalue weighted by Crippen LogP contribution is -2.31. The molecule has 0 radical (unpaired) electrons. The van der Waals surface area contributed by atoms with Gasteiger partial charge in [-0.15, -0.1) is 0 Å². The molecule has 6 heteroatoms. The average molecular weight is 284 g/mol. The maximum absolute atomic E-state index is 9.74. The monoisotopic (exact) mass is 284 g/mol. The molecule has 1 rings (SSSR count). The van der Waals surface area contributed by atoms with Gasteiger partial charge in [0.25, 0.3) is 0 Å². The number of ether oxygens (including phenoxy) is 1. The molecule has 0 aliphatic carbocycles. The van der Waals surface area contributed by atoms with Crippen LogP contribution in [0.3, 0.4) is 0 Å². The maximum atomic E-state index is 9.74. The summed E-state index contributed by atoms with van der Waals surface area (Å²) in [5, 5.41) is 17.1. The van der Waals surface area contributed by atoms with Crippen LogP contribution < -0.4 is 5.32 Å². The molecule has 1 unspecified atom stereocenters. The van der Waals surface area contributed by atoms with E-state index in [2.05, 4.69) is 29.2 Å². The van der Waals surface area contributed by atoms with Gasteiger partial charge >= 0.3 is 0 Å². The SMILES string of the molecule is CC(C)CCCOCC(O)CNCCc1ncn(C)n1. The van der Waals surface area contributed by atoms with Gasteiger partial charge in [-0.1, -0.05) is 13.8 Å². The van der Waals surface area contributed by atoms with E-state index in [0.29, 0.717) is 19.1 Å². The van der Waals surface area contributed by atoms with Crippen LogP contribution in [-0.4, -0.2) is 52.3 Å². The number of aryl methyl sites for hydroxylation is 1. The molecule has 0 saturated carbocycles. The van der Waals surface area contributed by atoms with Crippen molar-refractivity contribution in [2.75, 3.05) is 26.3 Å². The largest absolute Gasteiger partial charge is 0.389 e. The van der Waals surface area contributed by atoms with E-state index in [4.69, 9.17) is 4.74 Å². The summed E-state index contributed by atoms with van der Waals surface area (Å²) in [6.07, 6.45) is 4.23. The Morgan fingerprint density at radius 1 is 1.45 bits per heavy atom. The highest BCUT2D eigenvalue weighted by Gasteiger charge is 2.04. The topological polar surface area (TPSA) is 72.2 Å². The minimum Gasteiger partial charge on any atom is -0.389 e. The molecule has 0 aromatic carbocycles. The number of aromatic nitrogens is 3. The molecule has 0 saturated heterocycles. The molecule has 1 aromatic rings. The molecular weight excluding hydrogens is 256 g/mol. The van der Waals surface area contributed by atoms with Gasteiger partial charge in [0, 0.05) is 33.2 Å². The highest BCUT2D eigenvalue weighted by molar-refractivity contribution is 4.82. The number of nitrogens with zero attached hydrogens (tertiary/aromatic N) is 3. The Morgan fingerprint density at radius 2 is 2.25 bits per heavy atom. The maximum Gasteiger partial charge on any atom is 0.151 e. The molecule has 20 heavy (non-hydrogen) atoms. The van der Waals surface area contributed by atoms with Crippen molar-refractivity contribution in [3.63, 3.8) is 0 Å². The summed E-state index contributed by atoms with van der Waals surface area (Å²) in [5.41, 5.74) is 0. The molecule has 116 valence electrons. The summed E-state index contributed by atoms with van der Waals surface area (Å²) in [6.45, 7) is 6.83. The quantitative estimate of drug-likeness (QED) is 0.587. The first-order chi connectivity index (χ1) is 9.58. The van der Waals surface area contributed by atoms with Crippen molar-refractivity contribution >= 4 is 0 Å². The van der Waals surface area contributed by atoms with E-state index >= 15 is 0 Å². The average Bonchev–Trinajstić information content (AvgIpc) is 2.80. The minimum absolute atomic E-state index is 0.396. The molecule has 0 amide bonds. The number of aliphatic hydroxyl groups excluding tert-OH is 1. The van der Waals surface area contributed by atoms with E-state index in [1.807, 2.05) is 7.05 Å². The summed E-state index contributed by atoms with van der Waals surface area (Å²) in [7, 11) is 1.85. The predicted octanol–water partition coefficient (Wildman–Crippen LogP) is 0.761. The second kappa shape index (κ2) is 9.85. The van der Waals surface area contributed by atoms with Crippen LogP contribution in [0.15, 0.2) is 6.33 Å². The number of hydrogen-bond acceptors (Lipinski definition) is 5. The van der Waals surface area contributed by atoms with Gasteiger partial charge in [0.2, 0.25) is 0 Å². The first-order valence-electron chi connectivity index (χ1n) is 7.39. The van der Waals surface area contributed by atoms with Crippen molar-refractivity contribution in [1.29, 1.82) is 0 Å². The highest BCUT2D eigenvalue weighted by Crippen LogP contribution is 2.03. The first kappa shape index (κ1) is 17.1. The van der Waals surface area contributed by atoms with Crippen molar-refractivity contribution in [3.8, 4) is 0 Å². The Hall–Kier alpha value is -0.980. The van der Waals surface area contributed by atoms with Gasteiger partial charge < -0.3 is 15.2 Å². The van der Waals surface area contributed by atoms with Crippen LogP contribution in [0, 0.1) is 5.92 Å². The second-order valence-electron chi connectivity index (χ2n) is 5.55. The van der Waals surface area contributed by atoms with Gasteiger partial charge in [-0.25, -0.2) is 4.98 Å². The van der Waals surface area contributed by atoms with Gasteiger partial charge in [0.15, 0.2) is 5.82 Å². The van der Waals surface area contributed by atoms with Gasteiger partial charge in [0.1, 0.15) is 6.33 Å². The molecule has 2 N–H and O–H groups in total. The predicted molar refractivity (Wildman–Crippen MR) is 78.5 cm³/mol. The fourth-order valence-corrected chi connectivity index (χ4v) is 1.84. The van der Waals surface area contributed by atoms with Crippen LogP contribution in [0.2, 0.25) is 0 Å². The highest BCUT2D eigenvalue weighted by atomic mass is 16.5. The number of nitrogens with one attached hydrogen (secondary N) is 1. The Morgan fingerprint density at radius 3 is 2.90 bits per heavy atom. The molecule has 1 aromatic heterocycles. The molecule has 0 spiro atoms. The van der Waals surface area contributed by atoms with Crippen molar-refractivity contribution < 1.29 is 9.84 Å². The lowest BCUT2D eigenvalue weighted by atomic mass is 10.1. The van der Waals surface area contributed by atoms with Crippen LogP contribution in [0.5, 0.6) is 0 Å². The van der Waals surface area contributed by atoms with E-state index in [9.17, 15) is 5.11 Å². The second-order valence-corrected chi connectivity index (χ2v) is 5.55. The van der Waals surface area contributed by atoms with E-state index in [0.717, 1.165) is 31.8 Å². The Labute approximate surface area is 121 Å². The van der Waals surface area contributed by atoms with E-state index in [-0.39, 0.29) is 0 Å². The van der Waals surface area contributed by atoms with Crippen LogP contribution in [-0.2, 0) is 18.2 Å². The number of aliphatic hydroxyl groups is 1. The third-order valence-corrected chi connectivity index (χ3v) is 2.93. The summed E-state index contributed by atoms with van der Waals surface area (Å²) >= 11 is 0. The van der Waals surface area contributed by atoms with E-state index in [1.165, 1.54) is 6.42 Å². The smallest absolute Gasteiger partial charge is 0.151 e. The number of rotatable bonds is 11. The summed E-state index contributed by atoms with van der Waals surface area (Å²) in [5.74, 6) is 1.53. The van der Waals surface area contributed by atoms with Crippen molar-refractivity contribution in [2.24, 2.45) is 13.0 Å². The zero-order valence-electron chi connectivity index (χ0n) is 12.9. The zero-order chi connectivity index (χ0) is 14.8. The zero-order valence-corrected chi connectivity index (χ0v) is 12.9. The minimum atomic E-state index is -0.453. The lowest BCUT2D eigenvalue weighted by molar-refractivity contribution is 0.0349. The molecule has 0 aliphatic heterocycles. The van der Waals surface area contributed by atoms with Crippen LogP contribution in [0.4, 0.5) is 0 Å². The molecule has 0 fully saturated rings. The summed E-state index contributed by atoms with van der Waals surface area (Å²) < 4.78 is 7.14. The third-order valence-electron chi connectivity index (χ3n) is 2.93. The van der Waals surface area contributed by atoms with Crippen molar-refractivity contribution in [3.05, 3.63) is 12.2 Å². The Balaban J connectivity index is 1.93. The van der Waals surface area contributed by atoms with Gasteiger partial charge in [0.05, 0.1) is 12.7 Å². The Kier molecular flexibility index (Phi) is 8.41. The van der Waals surface area contributed by atoms with Gasteiger partial charge in [-0.05, 0) is 18.8 Å². The number of hydrogen-bond donors (Lipinski definition) is 2. The molecule has 6 nitrogen and oxygen atoms in total. The fraction of sp³-hybridized carbons (Fsp3) is 0.857. The first-order valence-corrected chi connectivity index (χ1v) is 7.39. The molecule has 1 atom stereocenters. The molecule has 0 aliphatic rings. The van der Waals surface area contributed by atoms with E-state index < -0.39 is 6.10 Å². The standard InChI is InChI=1S/C14H28N4O2/c1-12(2)5-4-8-20-10-13(19)9-15-7-6-14-16-11-18(3)17-14/h11-13,15,19H,4-10H2,1-3H3. The molecular formula is C14H28N4O2. The molecule has 0 bridgehead atoms. The van der Waals surface area contributed by atoms with Crippen LogP contribution >= 0.6 is 0 Å². The van der Waals surface area contributed by atoms with Crippen molar-refractivity contribution in [2.45, 2.75) is 39.2 Å². The van der Waals surface area contributed by atoms with Crippen LogP contribution in [0.25, 0.3) is 0 Å². The van der Waals surface area contributed by atoms with E-state index in [1.54, 1.807) is 11.0 Å². The van der Waals surface area contributed by atoms with Gasteiger partial charge in [-0.2, -0.15) is 5.10 Å². The summed E-state index contributed by atoms with van der Waals surface area (Å²) in [6, 6.07) is 0.